The Bertz CT molecular complexity index is 3910. The molecule has 0 N–H and O–H groups in total. The molecule has 0 spiro atoms. The molecule has 0 aliphatic heterocycles. The monoisotopic (exact) mass is 838 g/mol. The van der Waals surface area contributed by atoms with Crippen LogP contribution in [-0.2, 0) is 0 Å². The van der Waals surface area contributed by atoms with E-state index in [1.54, 1.807) is 6.20 Å². The van der Waals surface area contributed by atoms with E-state index < -0.39 is 0 Å². The van der Waals surface area contributed by atoms with Gasteiger partial charge in [0.25, 0.3) is 0 Å². The Kier molecular flexibility index (Phi) is 8.81. The summed E-state index contributed by atoms with van der Waals surface area (Å²) in [5.41, 5.74) is 9.27. The van der Waals surface area contributed by atoms with Crippen molar-refractivity contribution >= 4 is 64.6 Å². The van der Waals surface area contributed by atoms with Crippen LogP contribution in [0.4, 0.5) is 0 Å². The number of nitrogens with zero attached hydrogens (tertiary/aromatic N) is 4. The summed E-state index contributed by atoms with van der Waals surface area (Å²) in [5, 5.41) is 14.4. The number of aromatic nitrogens is 4. The van der Waals surface area contributed by atoms with E-state index in [9.17, 15) is 0 Å². The molecule has 0 atom stereocenters. The average Bonchev–Trinajstić information content (AvgIpc) is 3.38. The quantitative estimate of drug-likeness (QED) is 0.157. The topological polar surface area (TPSA) is 51.6 Å². The largest absolute Gasteiger partial charge is 0.264 e. The highest BCUT2D eigenvalue weighted by molar-refractivity contribution is 6.02. The third-order valence-corrected chi connectivity index (χ3v) is 13.0. The molecule has 2 heterocycles. The van der Waals surface area contributed by atoms with Gasteiger partial charge in [-0.1, -0.05) is 140 Å². The SMILES string of the molecule is c1cncc(-c2ccc(-c3nc(-c4cc(-c5ccc6cc7ccccc7cc6c5)cc(-c5ccc6cc7ccccc7cc6c5)c4)nc(-c4ccc5cc6ccccc6cc5c4)n3)cc2)c1. The molecule has 66 heavy (non-hydrogen) atoms. The third-order valence-electron chi connectivity index (χ3n) is 13.0. The van der Waals surface area contributed by atoms with Crippen molar-refractivity contribution in [3.63, 3.8) is 0 Å². The van der Waals surface area contributed by atoms with E-state index >= 15 is 0 Å². The maximum atomic E-state index is 5.34. The summed E-state index contributed by atoms with van der Waals surface area (Å²) in [7, 11) is 0. The lowest BCUT2D eigenvalue weighted by molar-refractivity contribution is 1.07. The van der Waals surface area contributed by atoms with E-state index in [1.165, 1.54) is 59.2 Å². The van der Waals surface area contributed by atoms with Crippen LogP contribution in [0.5, 0.6) is 0 Å². The van der Waals surface area contributed by atoms with E-state index in [1.807, 2.05) is 12.3 Å². The maximum absolute atomic E-state index is 5.34. The second-order valence-electron chi connectivity index (χ2n) is 17.2. The number of hydrogen-bond donors (Lipinski definition) is 0. The van der Waals surface area contributed by atoms with E-state index in [0.29, 0.717) is 17.5 Å². The first-order chi connectivity index (χ1) is 32.6. The van der Waals surface area contributed by atoms with Gasteiger partial charge in [-0.25, -0.2) is 15.0 Å². The lowest BCUT2D eigenvalue weighted by Gasteiger charge is -2.14. The van der Waals surface area contributed by atoms with Gasteiger partial charge in [-0.3, -0.25) is 4.98 Å². The molecule has 2 aromatic heterocycles. The van der Waals surface area contributed by atoms with Crippen molar-refractivity contribution in [2.24, 2.45) is 0 Å². The first-order valence-corrected chi connectivity index (χ1v) is 22.3. The average molecular weight is 839 g/mol. The molecule has 11 aromatic carbocycles. The number of rotatable bonds is 6. The van der Waals surface area contributed by atoms with Crippen LogP contribution in [-0.4, -0.2) is 19.9 Å². The van der Waals surface area contributed by atoms with Crippen LogP contribution in [0.3, 0.4) is 0 Å². The van der Waals surface area contributed by atoms with Crippen LogP contribution in [0.2, 0.25) is 0 Å². The first kappa shape index (κ1) is 37.7. The number of hydrogen-bond acceptors (Lipinski definition) is 4. The maximum Gasteiger partial charge on any atom is 0.164 e. The van der Waals surface area contributed by atoms with Gasteiger partial charge in [0, 0.05) is 29.1 Å². The standard InChI is InChI=1S/C62H38N4/c1-4-11-44-29-54-32-50(21-19-47(54)26-41(44)8-1)57-35-58(51-22-20-48-27-42-9-2-5-12-45(42)30-55(48)33-51)37-59(36-57)62-65-60(40-17-15-39(16-18-40)53-14-7-25-63-38-53)64-61(66-62)52-24-23-49-28-43-10-3-6-13-46(43)31-56(49)34-52/h1-38H. The molecule has 0 radical (unpaired) electrons. The van der Waals surface area contributed by atoms with Gasteiger partial charge < -0.3 is 0 Å². The molecule has 0 amide bonds. The first-order valence-electron chi connectivity index (χ1n) is 22.3. The van der Waals surface area contributed by atoms with E-state index in [4.69, 9.17) is 15.0 Å². The van der Waals surface area contributed by atoms with Crippen LogP contribution in [0.25, 0.3) is 132 Å². The Hall–Kier alpha value is -8.86. The minimum Gasteiger partial charge on any atom is -0.264 e. The zero-order valence-electron chi connectivity index (χ0n) is 35.7. The summed E-state index contributed by atoms with van der Waals surface area (Å²) in [6.07, 6.45) is 3.68. The minimum absolute atomic E-state index is 0.603. The predicted octanol–water partition coefficient (Wildman–Crippen LogP) is 16.2. The molecule has 0 fully saturated rings. The van der Waals surface area contributed by atoms with E-state index in [0.717, 1.165) is 55.5 Å². The summed E-state index contributed by atoms with van der Waals surface area (Å²) >= 11 is 0. The highest BCUT2D eigenvalue weighted by atomic mass is 15.0. The van der Waals surface area contributed by atoms with E-state index in [-0.39, 0.29) is 0 Å². The van der Waals surface area contributed by atoms with E-state index in [2.05, 4.69) is 217 Å². The molecule has 0 saturated heterocycles. The van der Waals surface area contributed by atoms with Crippen LogP contribution in [0.15, 0.2) is 231 Å². The van der Waals surface area contributed by atoms with Gasteiger partial charge in [-0.2, -0.15) is 0 Å². The molecule has 306 valence electrons. The lowest BCUT2D eigenvalue weighted by atomic mass is 9.92. The molecular formula is C62H38N4. The van der Waals surface area contributed by atoms with Crippen LogP contribution in [0.1, 0.15) is 0 Å². The second kappa shape index (κ2) is 15.4. The molecular weight excluding hydrogens is 801 g/mol. The molecule has 4 nitrogen and oxygen atoms in total. The predicted molar refractivity (Wildman–Crippen MR) is 275 cm³/mol. The molecule has 13 rings (SSSR count). The summed E-state index contributed by atoms with van der Waals surface area (Å²) in [4.78, 5) is 20.2. The van der Waals surface area contributed by atoms with Crippen molar-refractivity contribution in [2.45, 2.75) is 0 Å². The summed E-state index contributed by atoms with van der Waals surface area (Å²) in [6, 6.07) is 78.6. The van der Waals surface area contributed by atoms with Gasteiger partial charge in [0.05, 0.1) is 0 Å². The van der Waals surface area contributed by atoms with Crippen molar-refractivity contribution in [3.05, 3.63) is 231 Å². The van der Waals surface area contributed by atoms with Crippen molar-refractivity contribution < 1.29 is 0 Å². The molecule has 0 aliphatic carbocycles. The zero-order valence-corrected chi connectivity index (χ0v) is 35.7. The van der Waals surface area contributed by atoms with Crippen LogP contribution < -0.4 is 0 Å². The Morgan fingerprint density at radius 1 is 0.197 bits per heavy atom. The van der Waals surface area contributed by atoms with Crippen LogP contribution >= 0.6 is 0 Å². The smallest absolute Gasteiger partial charge is 0.164 e. The number of benzene rings is 11. The Morgan fingerprint density at radius 3 is 1.00 bits per heavy atom. The van der Waals surface area contributed by atoms with Gasteiger partial charge in [-0.15, -0.1) is 0 Å². The van der Waals surface area contributed by atoms with Gasteiger partial charge in [0.1, 0.15) is 0 Å². The number of pyridine rings is 1. The Labute approximate surface area is 381 Å². The minimum atomic E-state index is 0.603. The molecule has 13 aromatic rings. The Balaban J connectivity index is 1.01. The fraction of sp³-hybridized carbons (Fsp3) is 0. The van der Waals surface area contributed by atoms with Crippen molar-refractivity contribution in [1.82, 2.24) is 19.9 Å². The molecule has 0 bridgehead atoms. The molecule has 4 heteroatoms. The summed E-state index contributed by atoms with van der Waals surface area (Å²) < 4.78 is 0. The van der Waals surface area contributed by atoms with Gasteiger partial charge in [0.15, 0.2) is 17.5 Å². The molecule has 0 saturated carbocycles. The highest BCUT2D eigenvalue weighted by Gasteiger charge is 2.17. The molecule has 0 unspecified atom stereocenters. The second-order valence-corrected chi connectivity index (χ2v) is 17.2. The normalized spacial score (nSPS) is 11.6. The number of fused-ring (bicyclic) bond motifs is 6. The van der Waals surface area contributed by atoms with Crippen molar-refractivity contribution in [3.8, 4) is 67.5 Å². The lowest BCUT2D eigenvalue weighted by Crippen LogP contribution is -2.01. The summed E-state index contributed by atoms with van der Waals surface area (Å²) in [6.45, 7) is 0. The third kappa shape index (κ3) is 6.89. The fourth-order valence-corrected chi connectivity index (χ4v) is 9.52. The zero-order chi connectivity index (χ0) is 43.6. The van der Waals surface area contributed by atoms with Crippen molar-refractivity contribution in [1.29, 1.82) is 0 Å². The fourth-order valence-electron chi connectivity index (χ4n) is 9.52. The van der Waals surface area contributed by atoms with Crippen LogP contribution in [0, 0.1) is 0 Å². The highest BCUT2D eigenvalue weighted by Crippen LogP contribution is 2.37. The van der Waals surface area contributed by atoms with Gasteiger partial charge in [0.2, 0.25) is 0 Å². The molecule has 0 aliphatic rings. The summed E-state index contributed by atoms with van der Waals surface area (Å²) in [5.74, 6) is 1.82. The van der Waals surface area contributed by atoms with Gasteiger partial charge in [-0.05, 0) is 177 Å². The van der Waals surface area contributed by atoms with Gasteiger partial charge >= 0.3 is 0 Å². The Morgan fingerprint density at radius 2 is 0.545 bits per heavy atom. The van der Waals surface area contributed by atoms with Crippen molar-refractivity contribution in [2.75, 3.05) is 0 Å².